The van der Waals surface area contributed by atoms with Crippen LogP contribution in [0.2, 0.25) is 0 Å². The molecule has 0 spiro atoms. The lowest BCUT2D eigenvalue weighted by molar-refractivity contribution is -0.140. The first-order valence-electron chi connectivity index (χ1n) is 4.58. The summed E-state index contributed by atoms with van der Waals surface area (Å²) in [5.41, 5.74) is 0.195. The molecule has 0 unspecified atom stereocenters. The van der Waals surface area contributed by atoms with Gasteiger partial charge in [0.25, 0.3) is 0 Å². The fourth-order valence-electron chi connectivity index (χ4n) is 0.731. The van der Waals surface area contributed by atoms with Gasteiger partial charge in [0, 0.05) is 11.1 Å². The monoisotopic (exact) mass is 200 g/mol. The van der Waals surface area contributed by atoms with Gasteiger partial charge < -0.3 is 9.84 Å². The van der Waals surface area contributed by atoms with E-state index >= 15 is 0 Å². The minimum absolute atomic E-state index is 0.0338. The van der Waals surface area contributed by atoms with Crippen LogP contribution < -0.4 is 0 Å². The van der Waals surface area contributed by atoms with Crippen LogP contribution in [0.4, 0.5) is 0 Å². The summed E-state index contributed by atoms with van der Waals surface area (Å²) in [5, 5.41) is 8.61. The Bertz CT molecular complexity index is 253. The van der Waals surface area contributed by atoms with Crippen LogP contribution in [0.25, 0.3) is 0 Å². The number of aliphatic carboxylic acids is 1. The number of carboxylic acid groups (broad SMARTS) is 1. The van der Waals surface area contributed by atoms with Crippen LogP contribution in [0.3, 0.4) is 0 Å². The number of unbranched alkanes of at least 4 members (excludes halogenated alkanes) is 1. The van der Waals surface area contributed by atoms with Gasteiger partial charge in [0.2, 0.25) is 0 Å². The van der Waals surface area contributed by atoms with Crippen molar-refractivity contribution in [3.05, 3.63) is 11.1 Å². The Morgan fingerprint density at radius 1 is 1.21 bits per heavy atom. The lowest BCUT2D eigenvalue weighted by Crippen LogP contribution is -2.11. The number of carboxylic acids is 1. The molecule has 0 aromatic heterocycles. The minimum atomic E-state index is -1.09. The Morgan fingerprint density at radius 3 is 2.21 bits per heavy atom. The third kappa shape index (κ3) is 4.07. The summed E-state index contributed by atoms with van der Waals surface area (Å²) in [6, 6.07) is 0. The van der Waals surface area contributed by atoms with Gasteiger partial charge in [0.15, 0.2) is 0 Å². The fraction of sp³-hybridized carbons (Fsp3) is 0.600. The number of hydrogen-bond acceptors (Lipinski definition) is 3. The van der Waals surface area contributed by atoms with Crippen molar-refractivity contribution >= 4 is 11.9 Å². The van der Waals surface area contributed by atoms with E-state index in [9.17, 15) is 9.59 Å². The average Bonchev–Trinajstić information content (AvgIpc) is 2.15. The second kappa shape index (κ2) is 6.18. The molecule has 0 fully saturated rings. The summed E-state index contributed by atoms with van der Waals surface area (Å²) < 4.78 is 4.86. The molecule has 0 amide bonds. The van der Waals surface area contributed by atoms with Crippen molar-refractivity contribution < 1.29 is 19.4 Å². The van der Waals surface area contributed by atoms with Gasteiger partial charge >= 0.3 is 11.9 Å². The first kappa shape index (κ1) is 12.7. The highest BCUT2D eigenvalue weighted by Crippen LogP contribution is 2.06. The highest BCUT2D eigenvalue weighted by Gasteiger charge is 2.13. The minimum Gasteiger partial charge on any atom is -0.478 e. The summed E-state index contributed by atoms with van der Waals surface area (Å²) in [6.45, 7) is 5.18. The number of hydrogen-bond donors (Lipinski definition) is 1. The van der Waals surface area contributed by atoms with Crippen LogP contribution in [0, 0.1) is 0 Å². The molecule has 0 saturated heterocycles. The van der Waals surface area contributed by atoms with Gasteiger partial charge in [-0.2, -0.15) is 0 Å². The molecular weight excluding hydrogens is 184 g/mol. The summed E-state index contributed by atoms with van der Waals surface area (Å²) in [6.07, 6.45) is 1.74. The maximum absolute atomic E-state index is 11.2. The predicted molar refractivity (Wildman–Crippen MR) is 51.9 cm³/mol. The van der Waals surface area contributed by atoms with Crippen LogP contribution >= 0.6 is 0 Å². The average molecular weight is 200 g/mol. The zero-order valence-electron chi connectivity index (χ0n) is 8.79. The lowest BCUT2D eigenvalue weighted by atomic mass is 10.1. The van der Waals surface area contributed by atoms with Crippen molar-refractivity contribution in [1.82, 2.24) is 0 Å². The lowest BCUT2D eigenvalue weighted by Gasteiger charge is -2.05. The van der Waals surface area contributed by atoms with Gasteiger partial charge in [-0.15, -0.1) is 0 Å². The quantitative estimate of drug-likeness (QED) is 0.417. The maximum atomic E-state index is 11.2. The third-order valence-corrected chi connectivity index (χ3v) is 1.92. The molecule has 0 aromatic carbocycles. The number of rotatable bonds is 5. The fourth-order valence-corrected chi connectivity index (χ4v) is 0.731. The van der Waals surface area contributed by atoms with Gasteiger partial charge in [0.1, 0.15) is 0 Å². The van der Waals surface area contributed by atoms with Crippen molar-refractivity contribution in [2.75, 3.05) is 6.61 Å². The maximum Gasteiger partial charge on any atom is 0.334 e. The van der Waals surface area contributed by atoms with Crippen molar-refractivity contribution in [3.8, 4) is 0 Å². The zero-order chi connectivity index (χ0) is 11.1. The van der Waals surface area contributed by atoms with Gasteiger partial charge in [-0.3, -0.25) is 0 Å². The normalized spacial score (nSPS) is 11.9. The van der Waals surface area contributed by atoms with Crippen molar-refractivity contribution in [2.45, 2.75) is 33.6 Å². The molecule has 4 nitrogen and oxygen atoms in total. The molecule has 0 aliphatic carbocycles. The van der Waals surface area contributed by atoms with Crippen molar-refractivity contribution in [1.29, 1.82) is 0 Å². The topological polar surface area (TPSA) is 63.6 Å². The van der Waals surface area contributed by atoms with Crippen molar-refractivity contribution in [2.24, 2.45) is 0 Å². The van der Waals surface area contributed by atoms with Gasteiger partial charge in [-0.1, -0.05) is 13.3 Å². The van der Waals surface area contributed by atoms with Crippen LogP contribution in [-0.4, -0.2) is 23.7 Å². The van der Waals surface area contributed by atoms with E-state index in [1.54, 1.807) is 0 Å². The summed E-state index contributed by atoms with van der Waals surface area (Å²) in [5.74, 6) is -1.63. The van der Waals surface area contributed by atoms with Crippen molar-refractivity contribution in [3.63, 3.8) is 0 Å². The molecule has 14 heavy (non-hydrogen) atoms. The van der Waals surface area contributed by atoms with E-state index in [0.717, 1.165) is 12.8 Å². The van der Waals surface area contributed by atoms with E-state index in [-0.39, 0.29) is 11.1 Å². The molecule has 0 saturated carbocycles. The standard InChI is InChI=1S/C10H16O4/c1-4-5-6-14-10(13)8(3)7(2)9(11)12/h4-6H2,1-3H3,(H,11,12)/b8-7+. The Kier molecular flexibility index (Phi) is 5.60. The summed E-state index contributed by atoms with van der Waals surface area (Å²) >= 11 is 0. The predicted octanol–water partition coefficient (Wildman–Crippen LogP) is 1.75. The molecule has 0 aromatic rings. The Morgan fingerprint density at radius 2 is 1.79 bits per heavy atom. The largest absolute Gasteiger partial charge is 0.478 e. The van der Waals surface area contributed by atoms with Crippen LogP contribution in [0.1, 0.15) is 33.6 Å². The number of carbonyl (C=O) groups excluding carboxylic acids is 1. The Balaban J connectivity index is 4.25. The molecule has 0 aliphatic heterocycles. The van der Waals surface area contributed by atoms with E-state index in [0.29, 0.717) is 6.61 Å². The van der Waals surface area contributed by atoms with Gasteiger partial charge in [-0.25, -0.2) is 9.59 Å². The smallest absolute Gasteiger partial charge is 0.334 e. The molecule has 0 aliphatic rings. The molecule has 0 heterocycles. The van der Waals surface area contributed by atoms with Gasteiger partial charge in [-0.05, 0) is 20.3 Å². The molecule has 0 bridgehead atoms. The van der Waals surface area contributed by atoms with Crippen LogP contribution in [0.5, 0.6) is 0 Å². The van der Waals surface area contributed by atoms with Gasteiger partial charge in [0.05, 0.1) is 6.61 Å². The van der Waals surface area contributed by atoms with E-state index in [1.165, 1.54) is 13.8 Å². The summed E-state index contributed by atoms with van der Waals surface area (Å²) in [7, 11) is 0. The highest BCUT2D eigenvalue weighted by atomic mass is 16.5. The van der Waals surface area contributed by atoms with Crippen LogP contribution in [0.15, 0.2) is 11.1 Å². The molecule has 0 radical (unpaired) electrons. The second-order valence-electron chi connectivity index (χ2n) is 3.04. The number of ether oxygens (including phenoxy) is 1. The zero-order valence-corrected chi connectivity index (χ0v) is 8.79. The van der Waals surface area contributed by atoms with E-state index in [2.05, 4.69) is 0 Å². The van der Waals surface area contributed by atoms with Crippen LogP contribution in [-0.2, 0) is 14.3 Å². The SMILES string of the molecule is CCCCOC(=O)/C(C)=C(\C)C(=O)O. The third-order valence-electron chi connectivity index (χ3n) is 1.92. The molecule has 80 valence electrons. The first-order valence-corrected chi connectivity index (χ1v) is 4.58. The van der Waals surface area contributed by atoms with E-state index in [4.69, 9.17) is 9.84 Å². The molecule has 4 heteroatoms. The highest BCUT2D eigenvalue weighted by molar-refractivity contribution is 5.98. The van der Waals surface area contributed by atoms with E-state index < -0.39 is 11.9 Å². The molecule has 0 rings (SSSR count). The molecular formula is C10H16O4. The Labute approximate surface area is 83.6 Å². The number of esters is 1. The first-order chi connectivity index (χ1) is 6.50. The molecule has 0 atom stereocenters. The number of carbonyl (C=O) groups is 2. The molecule has 1 N–H and O–H groups in total. The Hall–Kier alpha value is -1.32. The summed E-state index contributed by atoms with van der Waals surface area (Å²) in [4.78, 5) is 21.7. The second-order valence-corrected chi connectivity index (χ2v) is 3.04. The van der Waals surface area contributed by atoms with E-state index in [1.807, 2.05) is 6.92 Å².